The number of hydrogen-bond acceptors (Lipinski definition) is 4. The number of anilines is 1. The van der Waals surface area contributed by atoms with E-state index in [4.69, 9.17) is 9.15 Å². The van der Waals surface area contributed by atoms with Crippen LogP contribution in [0, 0.1) is 6.92 Å². The van der Waals surface area contributed by atoms with Gasteiger partial charge in [-0.05, 0) is 49.4 Å². The van der Waals surface area contributed by atoms with E-state index in [-0.39, 0.29) is 11.0 Å². The molecule has 1 aromatic carbocycles. The summed E-state index contributed by atoms with van der Waals surface area (Å²) in [5, 5.41) is 2.95. The number of carbonyl (C=O) groups is 1. The molecule has 2 rings (SSSR count). The van der Waals surface area contributed by atoms with E-state index >= 15 is 0 Å². The van der Waals surface area contributed by atoms with Gasteiger partial charge >= 0.3 is 0 Å². The molecule has 0 aliphatic carbocycles. The second-order valence-electron chi connectivity index (χ2n) is 6.25. The van der Waals surface area contributed by atoms with Crippen LogP contribution in [0.15, 0.2) is 27.4 Å². The molecule has 0 unspecified atom stereocenters. The fourth-order valence-corrected chi connectivity index (χ4v) is 3.06. The first-order valence-corrected chi connectivity index (χ1v) is 9.09. The largest absolute Gasteiger partial charge is 0.497 e. The average molecular weight is 357 g/mol. The van der Waals surface area contributed by atoms with Gasteiger partial charge in [0, 0.05) is 18.2 Å². The Labute approximate surface area is 154 Å². The molecule has 1 heterocycles. The summed E-state index contributed by atoms with van der Waals surface area (Å²) in [6, 6.07) is 5.20. The maximum absolute atomic E-state index is 12.9. The minimum atomic E-state index is -0.420. The van der Waals surface area contributed by atoms with E-state index in [1.54, 1.807) is 14.0 Å². The molecule has 0 spiro atoms. The number of carbonyl (C=O) groups excluding carboxylic acids is 1. The van der Waals surface area contributed by atoms with Gasteiger partial charge in [-0.25, -0.2) is 0 Å². The lowest BCUT2D eigenvalue weighted by atomic mass is 10.0. The van der Waals surface area contributed by atoms with Gasteiger partial charge in [-0.2, -0.15) is 0 Å². The van der Waals surface area contributed by atoms with Crippen LogP contribution >= 0.6 is 0 Å². The number of ether oxygens (including phenoxy) is 1. The topological polar surface area (TPSA) is 68.5 Å². The summed E-state index contributed by atoms with van der Waals surface area (Å²) in [4.78, 5) is 25.4. The van der Waals surface area contributed by atoms with Crippen LogP contribution in [0.4, 0.5) is 5.69 Å². The van der Waals surface area contributed by atoms with Crippen molar-refractivity contribution in [3.63, 3.8) is 0 Å². The molecule has 5 nitrogen and oxygen atoms in total. The van der Waals surface area contributed by atoms with E-state index in [1.807, 2.05) is 32.9 Å². The van der Waals surface area contributed by atoms with Crippen LogP contribution in [0.25, 0.3) is 0 Å². The van der Waals surface area contributed by atoms with Crippen molar-refractivity contribution in [1.29, 1.82) is 0 Å². The van der Waals surface area contributed by atoms with Gasteiger partial charge in [0.1, 0.15) is 22.8 Å². The third kappa shape index (κ3) is 4.15. The summed E-state index contributed by atoms with van der Waals surface area (Å²) < 4.78 is 11.0. The summed E-state index contributed by atoms with van der Waals surface area (Å²) in [5.74, 6) is 1.30. The number of amides is 1. The lowest BCUT2D eigenvalue weighted by Gasteiger charge is -2.17. The van der Waals surface area contributed by atoms with Crippen molar-refractivity contribution in [2.75, 3.05) is 12.4 Å². The van der Waals surface area contributed by atoms with Crippen LogP contribution in [-0.2, 0) is 19.3 Å². The Morgan fingerprint density at radius 2 is 1.73 bits per heavy atom. The van der Waals surface area contributed by atoms with Crippen LogP contribution in [0.2, 0.25) is 0 Å². The maximum Gasteiger partial charge on any atom is 0.263 e. The molecular formula is C21H27NO4. The van der Waals surface area contributed by atoms with E-state index in [0.717, 1.165) is 41.8 Å². The number of benzene rings is 1. The molecule has 0 aliphatic heterocycles. The minimum absolute atomic E-state index is 0.0948. The molecule has 0 fully saturated rings. The van der Waals surface area contributed by atoms with Gasteiger partial charge < -0.3 is 14.5 Å². The standard InChI is InChI=1S/C21H27NO4/c1-6-9-18-19(17(23)10-13(4)26-18)21(24)22-20-14(7-2)11-16(25-5)12-15(20)8-3/h10-12H,6-9H2,1-5H3,(H,22,24). The highest BCUT2D eigenvalue weighted by molar-refractivity contribution is 6.05. The fraction of sp³-hybridized carbons (Fsp3) is 0.429. The minimum Gasteiger partial charge on any atom is -0.497 e. The second kappa shape index (κ2) is 8.70. The summed E-state index contributed by atoms with van der Waals surface area (Å²) in [6.45, 7) is 7.74. The Morgan fingerprint density at radius 1 is 1.12 bits per heavy atom. The SMILES string of the molecule is CCCc1oc(C)cc(=O)c1C(=O)Nc1c(CC)cc(OC)cc1CC. The molecule has 0 saturated carbocycles. The predicted octanol–water partition coefficient (Wildman–Crippen LogP) is 4.29. The highest BCUT2D eigenvalue weighted by Crippen LogP contribution is 2.29. The van der Waals surface area contributed by atoms with Crippen molar-refractivity contribution in [1.82, 2.24) is 0 Å². The molecule has 1 aromatic heterocycles. The van der Waals surface area contributed by atoms with Gasteiger partial charge in [0.2, 0.25) is 0 Å². The lowest BCUT2D eigenvalue weighted by Crippen LogP contribution is -2.24. The van der Waals surface area contributed by atoms with Crippen molar-refractivity contribution in [3.05, 3.63) is 56.6 Å². The third-order valence-electron chi connectivity index (χ3n) is 4.36. The summed E-state index contributed by atoms with van der Waals surface area (Å²) in [7, 11) is 1.63. The molecule has 1 amide bonds. The Balaban J connectivity index is 2.50. The lowest BCUT2D eigenvalue weighted by molar-refractivity contribution is 0.102. The van der Waals surface area contributed by atoms with Crippen molar-refractivity contribution in [2.45, 2.75) is 53.4 Å². The molecular weight excluding hydrogens is 330 g/mol. The van der Waals surface area contributed by atoms with Gasteiger partial charge in [-0.3, -0.25) is 9.59 Å². The highest BCUT2D eigenvalue weighted by atomic mass is 16.5. The Hall–Kier alpha value is -2.56. The molecule has 140 valence electrons. The van der Waals surface area contributed by atoms with Crippen molar-refractivity contribution < 1.29 is 13.9 Å². The zero-order valence-electron chi connectivity index (χ0n) is 16.2. The molecule has 0 aliphatic rings. The molecule has 5 heteroatoms. The summed E-state index contributed by atoms with van der Waals surface area (Å²) in [6.07, 6.45) is 2.81. The maximum atomic E-state index is 12.9. The quantitative estimate of drug-likeness (QED) is 0.803. The number of nitrogens with one attached hydrogen (secondary N) is 1. The Morgan fingerprint density at radius 3 is 2.23 bits per heavy atom. The van der Waals surface area contributed by atoms with Gasteiger partial charge in [0.15, 0.2) is 5.43 Å². The first-order chi connectivity index (χ1) is 12.4. The first kappa shape index (κ1) is 19.8. The van der Waals surface area contributed by atoms with Crippen LogP contribution in [0.3, 0.4) is 0 Å². The predicted molar refractivity (Wildman–Crippen MR) is 103 cm³/mol. The van der Waals surface area contributed by atoms with E-state index in [1.165, 1.54) is 6.07 Å². The third-order valence-corrected chi connectivity index (χ3v) is 4.36. The van der Waals surface area contributed by atoms with Crippen molar-refractivity contribution >= 4 is 11.6 Å². The molecule has 0 atom stereocenters. The number of aryl methyl sites for hydroxylation is 4. The van der Waals surface area contributed by atoms with Crippen molar-refractivity contribution in [2.24, 2.45) is 0 Å². The zero-order valence-corrected chi connectivity index (χ0v) is 16.2. The monoisotopic (exact) mass is 357 g/mol. The highest BCUT2D eigenvalue weighted by Gasteiger charge is 2.21. The van der Waals surface area contributed by atoms with Crippen molar-refractivity contribution in [3.8, 4) is 5.75 Å². The van der Waals surface area contributed by atoms with E-state index in [9.17, 15) is 9.59 Å². The fourth-order valence-electron chi connectivity index (χ4n) is 3.06. The van der Waals surface area contributed by atoms with E-state index < -0.39 is 5.91 Å². The second-order valence-corrected chi connectivity index (χ2v) is 6.25. The van der Waals surface area contributed by atoms with Gasteiger partial charge in [0.25, 0.3) is 5.91 Å². The van der Waals surface area contributed by atoms with Crippen LogP contribution in [0.5, 0.6) is 5.75 Å². The molecule has 0 bridgehead atoms. The Kier molecular flexibility index (Phi) is 6.61. The molecule has 2 aromatic rings. The summed E-state index contributed by atoms with van der Waals surface area (Å²) >= 11 is 0. The molecule has 0 saturated heterocycles. The zero-order chi connectivity index (χ0) is 19.3. The number of rotatable bonds is 7. The van der Waals surface area contributed by atoms with Crippen LogP contribution in [0.1, 0.15) is 60.2 Å². The Bertz CT molecular complexity index is 827. The van der Waals surface area contributed by atoms with Gasteiger partial charge in [0.05, 0.1) is 7.11 Å². The number of methoxy groups -OCH3 is 1. The van der Waals surface area contributed by atoms with Gasteiger partial charge in [-0.15, -0.1) is 0 Å². The van der Waals surface area contributed by atoms with Crippen LogP contribution in [-0.4, -0.2) is 13.0 Å². The van der Waals surface area contributed by atoms with E-state index in [0.29, 0.717) is 17.9 Å². The molecule has 26 heavy (non-hydrogen) atoms. The van der Waals surface area contributed by atoms with Gasteiger partial charge in [-0.1, -0.05) is 20.8 Å². The number of hydrogen-bond donors (Lipinski definition) is 1. The van der Waals surface area contributed by atoms with Crippen LogP contribution < -0.4 is 15.5 Å². The normalized spacial score (nSPS) is 10.7. The van der Waals surface area contributed by atoms with E-state index in [2.05, 4.69) is 5.32 Å². The first-order valence-electron chi connectivity index (χ1n) is 9.09. The average Bonchev–Trinajstić information content (AvgIpc) is 2.61. The molecule has 1 N–H and O–H groups in total. The summed E-state index contributed by atoms with van der Waals surface area (Å²) in [5.41, 5.74) is 2.49. The molecule has 0 radical (unpaired) electrons. The smallest absolute Gasteiger partial charge is 0.263 e.